The second-order valence-corrected chi connectivity index (χ2v) is 5.00. The van der Waals surface area contributed by atoms with Gasteiger partial charge in [-0.05, 0) is 37.0 Å². The van der Waals surface area contributed by atoms with Gasteiger partial charge in [-0.25, -0.2) is 0 Å². The summed E-state index contributed by atoms with van der Waals surface area (Å²) in [7, 11) is 0. The molecule has 0 aliphatic heterocycles. The van der Waals surface area contributed by atoms with Crippen LogP contribution in [0.1, 0.15) is 25.8 Å². The molecule has 1 rings (SSSR count). The fraction of sp³-hybridized carbons (Fsp3) is 0.500. The van der Waals surface area contributed by atoms with Crippen LogP contribution in [0.15, 0.2) is 12.1 Å². The van der Waals surface area contributed by atoms with Crippen LogP contribution in [0.5, 0.6) is 0 Å². The Morgan fingerprint density at radius 1 is 1.20 bits per heavy atom. The molecule has 1 N–H and O–H groups in total. The van der Waals surface area contributed by atoms with Crippen molar-refractivity contribution in [1.82, 2.24) is 0 Å². The molecule has 3 heteroatoms. The predicted molar refractivity (Wildman–Crippen MR) is 69.1 cm³/mol. The molecule has 0 atom stereocenters. The highest BCUT2D eigenvalue weighted by Gasteiger charge is 2.04. The van der Waals surface area contributed by atoms with E-state index in [4.69, 9.17) is 23.2 Å². The number of aryl methyl sites for hydroxylation is 1. The third kappa shape index (κ3) is 3.92. The molecule has 0 spiro atoms. The maximum Gasteiger partial charge on any atom is 0.0641 e. The van der Waals surface area contributed by atoms with Crippen LogP contribution in [-0.4, -0.2) is 6.54 Å². The molecular formula is C12H17Cl2N. The van der Waals surface area contributed by atoms with Crippen LogP contribution in [0.3, 0.4) is 0 Å². The van der Waals surface area contributed by atoms with Gasteiger partial charge in [-0.15, -0.1) is 0 Å². The minimum Gasteiger partial charge on any atom is -0.384 e. The lowest BCUT2D eigenvalue weighted by molar-refractivity contribution is 0.607. The van der Waals surface area contributed by atoms with Crippen molar-refractivity contribution in [2.24, 2.45) is 5.92 Å². The fourth-order valence-corrected chi connectivity index (χ4v) is 1.73. The third-order valence-electron chi connectivity index (χ3n) is 2.29. The molecule has 0 heterocycles. The summed E-state index contributed by atoms with van der Waals surface area (Å²) in [5, 5.41) is 4.79. The highest BCUT2D eigenvalue weighted by Crippen LogP contribution is 2.28. The lowest BCUT2D eigenvalue weighted by Gasteiger charge is -2.11. The Balaban J connectivity index is 2.65. The normalized spacial score (nSPS) is 10.8. The van der Waals surface area contributed by atoms with Gasteiger partial charge in [0.15, 0.2) is 0 Å². The van der Waals surface area contributed by atoms with Crippen LogP contribution < -0.4 is 5.32 Å². The van der Waals surface area contributed by atoms with E-state index in [-0.39, 0.29) is 0 Å². The Morgan fingerprint density at radius 2 is 1.87 bits per heavy atom. The van der Waals surface area contributed by atoms with Gasteiger partial charge in [0.05, 0.1) is 10.7 Å². The fourth-order valence-electron chi connectivity index (χ4n) is 1.28. The van der Waals surface area contributed by atoms with Gasteiger partial charge in [0, 0.05) is 11.6 Å². The zero-order chi connectivity index (χ0) is 11.4. The Labute approximate surface area is 102 Å². The zero-order valence-electron chi connectivity index (χ0n) is 9.40. The lowest BCUT2D eigenvalue weighted by Crippen LogP contribution is -2.05. The van der Waals surface area contributed by atoms with Crippen LogP contribution in [0.4, 0.5) is 5.69 Å². The van der Waals surface area contributed by atoms with E-state index in [1.807, 2.05) is 19.1 Å². The van der Waals surface area contributed by atoms with Gasteiger partial charge in [0.2, 0.25) is 0 Å². The summed E-state index contributed by atoms with van der Waals surface area (Å²) >= 11 is 12.1. The molecule has 84 valence electrons. The molecule has 1 aromatic rings. The molecule has 0 unspecified atom stereocenters. The van der Waals surface area contributed by atoms with Gasteiger partial charge in [-0.3, -0.25) is 0 Å². The monoisotopic (exact) mass is 245 g/mol. The Kier molecular flexibility index (Phi) is 4.75. The lowest BCUT2D eigenvalue weighted by atomic mass is 10.1. The summed E-state index contributed by atoms with van der Waals surface area (Å²) in [5.41, 5.74) is 1.93. The molecular weight excluding hydrogens is 229 g/mol. The van der Waals surface area contributed by atoms with E-state index in [2.05, 4.69) is 19.2 Å². The number of anilines is 1. The maximum atomic E-state index is 6.10. The van der Waals surface area contributed by atoms with Crippen LogP contribution in [0.2, 0.25) is 10.0 Å². The Morgan fingerprint density at radius 3 is 2.47 bits per heavy atom. The van der Waals surface area contributed by atoms with Crippen molar-refractivity contribution in [3.05, 3.63) is 27.7 Å². The summed E-state index contributed by atoms with van der Waals surface area (Å²) in [5.74, 6) is 0.692. The van der Waals surface area contributed by atoms with Crippen molar-refractivity contribution in [2.75, 3.05) is 11.9 Å². The van der Waals surface area contributed by atoms with E-state index in [1.54, 1.807) is 0 Å². The minimum absolute atomic E-state index is 0.692. The number of hydrogen-bond donors (Lipinski definition) is 1. The quantitative estimate of drug-likeness (QED) is 0.807. The van der Waals surface area contributed by atoms with E-state index >= 15 is 0 Å². The standard InChI is InChI=1S/C12H17Cl2N/c1-8(2)4-5-15-12-7-10(13)9(3)6-11(12)14/h6-8,15H,4-5H2,1-3H3. The van der Waals surface area contributed by atoms with Gasteiger partial charge < -0.3 is 5.32 Å². The molecule has 0 aromatic heterocycles. The smallest absolute Gasteiger partial charge is 0.0641 e. The average Bonchev–Trinajstić information content (AvgIpc) is 2.13. The highest BCUT2D eigenvalue weighted by atomic mass is 35.5. The highest BCUT2D eigenvalue weighted by molar-refractivity contribution is 6.35. The Hall–Kier alpha value is -0.400. The van der Waals surface area contributed by atoms with Gasteiger partial charge in [0.1, 0.15) is 0 Å². The second-order valence-electron chi connectivity index (χ2n) is 4.19. The minimum atomic E-state index is 0.692. The van der Waals surface area contributed by atoms with Gasteiger partial charge in [-0.1, -0.05) is 37.0 Å². The van der Waals surface area contributed by atoms with Crippen LogP contribution in [0.25, 0.3) is 0 Å². The van der Waals surface area contributed by atoms with Crippen molar-refractivity contribution < 1.29 is 0 Å². The molecule has 0 saturated heterocycles. The average molecular weight is 246 g/mol. The number of hydrogen-bond acceptors (Lipinski definition) is 1. The summed E-state index contributed by atoms with van der Waals surface area (Å²) < 4.78 is 0. The van der Waals surface area contributed by atoms with E-state index < -0.39 is 0 Å². The van der Waals surface area contributed by atoms with Crippen molar-refractivity contribution in [1.29, 1.82) is 0 Å². The maximum absolute atomic E-state index is 6.10. The van der Waals surface area contributed by atoms with E-state index in [1.165, 1.54) is 0 Å². The molecule has 1 nitrogen and oxygen atoms in total. The first-order valence-electron chi connectivity index (χ1n) is 5.20. The summed E-state index contributed by atoms with van der Waals surface area (Å²) in [4.78, 5) is 0. The summed E-state index contributed by atoms with van der Waals surface area (Å²) in [6.45, 7) is 7.28. The molecule has 0 radical (unpaired) electrons. The molecule has 15 heavy (non-hydrogen) atoms. The largest absolute Gasteiger partial charge is 0.384 e. The number of nitrogens with one attached hydrogen (secondary N) is 1. The molecule has 0 fully saturated rings. The first-order chi connectivity index (χ1) is 7.00. The van der Waals surface area contributed by atoms with Crippen LogP contribution >= 0.6 is 23.2 Å². The van der Waals surface area contributed by atoms with Crippen molar-refractivity contribution in [3.63, 3.8) is 0 Å². The molecule has 0 aliphatic carbocycles. The third-order valence-corrected chi connectivity index (χ3v) is 3.01. The van der Waals surface area contributed by atoms with Gasteiger partial charge >= 0.3 is 0 Å². The topological polar surface area (TPSA) is 12.0 Å². The first kappa shape index (κ1) is 12.7. The molecule has 1 aromatic carbocycles. The first-order valence-corrected chi connectivity index (χ1v) is 5.96. The van der Waals surface area contributed by atoms with Crippen molar-refractivity contribution in [3.8, 4) is 0 Å². The molecule has 0 aliphatic rings. The van der Waals surface area contributed by atoms with Crippen LogP contribution in [0, 0.1) is 12.8 Å². The molecule has 0 amide bonds. The summed E-state index contributed by atoms with van der Waals surface area (Å²) in [6.07, 6.45) is 1.13. The molecule has 0 saturated carbocycles. The van der Waals surface area contributed by atoms with E-state index in [0.717, 1.165) is 34.3 Å². The van der Waals surface area contributed by atoms with Crippen LogP contribution in [-0.2, 0) is 0 Å². The van der Waals surface area contributed by atoms with Gasteiger partial charge in [0.25, 0.3) is 0 Å². The van der Waals surface area contributed by atoms with Crippen molar-refractivity contribution in [2.45, 2.75) is 27.2 Å². The predicted octanol–water partition coefficient (Wildman–Crippen LogP) is 4.76. The number of benzene rings is 1. The Bertz CT molecular complexity index is 335. The zero-order valence-corrected chi connectivity index (χ0v) is 10.9. The van der Waals surface area contributed by atoms with Gasteiger partial charge in [-0.2, -0.15) is 0 Å². The SMILES string of the molecule is Cc1cc(Cl)c(NCCC(C)C)cc1Cl. The van der Waals surface area contributed by atoms with Crippen molar-refractivity contribution >= 4 is 28.9 Å². The van der Waals surface area contributed by atoms with E-state index in [9.17, 15) is 0 Å². The molecule has 0 bridgehead atoms. The number of rotatable bonds is 4. The van der Waals surface area contributed by atoms with E-state index in [0.29, 0.717) is 5.92 Å². The summed E-state index contributed by atoms with van der Waals surface area (Å²) in [6, 6.07) is 3.78. The second kappa shape index (κ2) is 5.62. The number of halogens is 2.